The van der Waals surface area contributed by atoms with Crippen LogP contribution in [0.1, 0.15) is 30.0 Å². The molecular formula is C20H21NO4. The second kappa shape index (κ2) is 8.33. The monoisotopic (exact) mass is 339 g/mol. The Bertz CT molecular complexity index is 729. The molecule has 0 saturated carbocycles. The van der Waals surface area contributed by atoms with Crippen LogP contribution >= 0.6 is 0 Å². The van der Waals surface area contributed by atoms with Gasteiger partial charge in [0.1, 0.15) is 5.75 Å². The van der Waals surface area contributed by atoms with Crippen molar-refractivity contribution in [2.45, 2.75) is 25.3 Å². The van der Waals surface area contributed by atoms with Crippen molar-refractivity contribution in [3.05, 3.63) is 65.7 Å². The third kappa shape index (κ3) is 4.83. The number of carbonyl (C=O) groups is 2. The number of benzene rings is 2. The van der Waals surface area contributed by atoms with Gasteiger partial charge in [-0.3, -0.25) is 4.79 Å². The molecule has 0 fully saturated rings. The van der Waals surface area contributed by atoms with E-state index in [1.807, 2.05) is 36.4 Å². The molecule has 0 saturated heterocycles. The number of rotatable bonds is 6. The number of nitrogens with one attached hydrogen (secondary N) is 1. The third-order valence-electron chi connectivity index (χ3n) is 4.17. The number of esters is 1. The van der Waals surface area contributed by atoms with Gasteiger partial charge in [0.15, 0.2) is 13.2 Å². The average molecular weight is 339 g/mol. The van der Waals surface area contributed by atoms with Gasteiger partial charge in [-0.2, -0.15) is 0 Å². The average Bonchev–Trinajstić information content (AvgIpc) is 2.66. The number of aryl methyl sites for hydroxylation is 1. The van der Waals surface area contributed by atoms with Gasteiger partial charge < -0.3 is 14.8 Å². The SMILES string of the molecule is O=C(COC(=O)COc1ccccc1)N[C@H]1CCCc2ccccc21. The van der Waals surface area contributed by atoms with E-state index in [0.717, 1.165) is 24.8 Å². The Morgan fingerprint density at radius 3 is 2.60 bits per heavy atom. The Kier molecular flexibility index (Phi) is 5.67. The third-order valence-corrected chi connectivity index (χ3v) is 4.17. The highest BCUT2D eigenvalue weighted by molar-refractivity contribution is 5.81. The largest absolute Gasteiger partial charge is 0.482 e. The Labute approximate surface area is 147 Å². The van der Waals surface area contributed by atoms with E-state index >= 15 is 0 Å². The van der Waals surface area contributed by atoms with Gasteiger partial charge in [0.2, 0.25) is 0 Å². The molecule has 130 valence electrons. The predicted molar refractivity (Wildman–Crippen MR) is 93.2 cm³/mol. The standard InChI is InChI=1S/C20H21NO4/c22-19(13-25-20(23)14-24-16-9-2-1-3-10-16)21-18-12-6-8-15-7-4-5-11-17(15)18/h1-5,7,9-11,18H,6,8,12-14H2,(H,21,22)/t18-/m0/s1. The maximum atomic E-state index is 12.1. The molecule has 1 aliphatic rings. The predicted octanol–water partition coefficient (Wildman–Crippen LogP) is 2.80. The lowest BCUT2D eigenvalue weighted by Gasteiger charge is -2.26. The molecule has 0 unspecified atom stereocenters. The van der Waals surface area contributed by atoms with Crippen LogP contribution in [0.3, 0.4) is 0 Å². The van der Waals surface area contributed by atoms with Crippen molar-refractivity contribution in [2.24, 2.45) is 0 Å². The molecule has 1 atom stereocenters. The molecule has 25 heavy (non-hydrogen) atoms. The molecule has 0 bridgehead atoms. The van der Waals surface area contributed by atoms with E-state index in [9.17, 15) is 9.59 Å². The molecule has 1 N–H and O–H groups in total. The summed E-state index contributed by atoms with van der Waals surface area (Å²) in [5.41, 5.74) is 2.42. The first kappa shape index (κ1) is 17.0. The van der Waals surface area contributed by atoms with Crippen molar-refractivity contribution in [3.8, 4) is 5.75 Å². The molecule has 0 radical (unpaired) electrons. The van der Waals surface area contributed by atoms with Gasteiger partial charge in [-0.1, -0.05) is 42.5 Å². The van der Waals surface area contributed by atoms with E-state index in [1.165, 1.54) is 5.56 Å². The molecule has 2 aromatic carbocycles. The van der Waals surface area contributed by atoms with E-state index in [1.54, 1.807) is 12.1 Å². The van der Waals surface area contributed by atoms with Crippen molar-refractivity contribution in [3.63, 3.8) is 0 Å². The first-order valence-electron chi connectivity index (χ1n) is 8.43. The maximum absolute atomic E-state index is 12.1. The van der Waals surface area contributed by atoms with Crippen LogP contribution in [0.5, 0.6) is 5.75 Å². The quantitative estimate of drug-likeness (QED) is 0.822. The van der Waals surface area contributed by atoms with E-state index in [2.05, 4.69) is 11.4 Å². The highest BCUT2D eigenvalue weighted by Crippen LogP contribution is 2.29. The van der Waals surface area contributed by atoms with E-state index in [-0.39, 0.29) is 25.2 Å². The molecule has 2 aromatic rings. The van der Waals surface area contributed by atoms with Gasteiger partial charge in [-0.05, 0) is 42.5 Å². The smallest absolute Gasteiger partial charge is 0.344 e. The Hall–Kier alpha value is -2.82. The first-order valence-corrected chi connectivity index (χ1v) is 8.43. The summed E-state index contributed by atoms with van der Waals surface area (Å²) in [5, 5.41) is 2.95. The van der Waals surface area contributed by atoms with Crippen LogP contribution < -0.4 is 10.1 Å². The van der Waals surface area contributed by atoms with E-state index in [0.29, 0.717) is 5.75 Å². The molecule has 1 amide bonds. The fourth-order valence-electron chi connectivity index (χ4n) is 2.99. The van der Waals surface area contributed by atoms with Gasteiger partial charge in [0, 0.05) is 0 Å². The van der Waals surface area contributed by atoms with Crippen molar-refractivity contribution in [1.82, 2.24) is 5.32 Å². The Morgan fingerprint density at radius 1 is 1.00 bits per heavy atom. The number of hydrogen-bond donors (Lipinski definition) is 1. The van der Waals surface area contributed by atoms with Gasteiger partial charge in [0.25, 0.3) is 5.91 Å². The number of para-hydroxylation sites is 1. The second-order valence-electron chi connectivity index (χ2n) is 5.97. The summed E-state index contributed by atoms with van der Waals surface area (Å²) >= 11 is 0. The normalized spacial score (nSPS) is 15.8. The molecule has 3 rings (SSSR count). The first-order chi connectivity index (χ1) is 12.2. The van der Waals surface area contributed by atoms with Crippen LogP contribution in [0.25, 0.3) is 0 Å². The molecular weight excluding hydrogens is 318 g/mol. The molecule has 0 spiro atoms. The molecule has 0 heterocycles. The fourth-order valence-corrected chi connectivity index (χ4v) is 2.99. The lowest BCUT2D eigenvalue weighted by Crippen LogP contribution is -2.34. The summed E-state index contributed by atoms with van der Waals surface area (Å²) in [6.45, 7) is -0.515. The zero-order valence-electron chi connectivity index (χ0n) is 13.9. The van der Waals surface area contributed by atoms with E-state index < -0.39 is 5.97 Å². The highest BCUT2D eigenvalue weighted by atomic mass is 16.6. The van der Waals surface area contributed by atoms with Gasteiger partial charge in [0.05, 0.1) is 6.04 Å². The van der Waals surface area contributed by atoms with Crippen LogP contribution in [0.4, 0.5) is 0 Å². The Balaban J connectivity index is 1.43. The summed E-state index contributed by atoms with van der Waals surface area (Å²) in [5.74, 6) is -0.277. The number of fused-ring (bicyclic) bond motifs is 1. The minimum Gasteiger partial charge on any atom is -0.482 e. The van der Waals surface area contributed by atoms with Crippen LogP contribution in [-0.2, 0) is 20.7 Å². The maximum Gasteiger partial charge on any atom is 0.344 e. The summed E-state index contributed by atoms with van der Waals surface area (Å²) in [4.78, 5) is 23.8. The minimum absolute atomic E-state index is 0.0169. The number of hydrogen-bond acceptors (Lipinski definition) is 4. The molecule has 0 aliphatic heterocycles. The fraction of sp³-hybridized carbons (Fsp3) is 0.300. The topological polar surface area (TPSA) is 64.6 Å². The Morgan fingerprint density at radius 2 is 1.76 bits per heavy atom. The highest BCUT2D eigenvalue weighted by Gasteiger charge is 2.21. The minimum atomic E-state index is -0.567. The summed E-state index contributed by atoms with van der Waals surface area (Å²) in [6, 6.07) is 17.1. The van der Waals surface area contributed by atoms with Crippen molar-refractivity contribution in [2.75, 3.05) is 13.2 Å². The number of amides is 1. The van der Waals surface area contributed by atoms with Gasteiger partial charge >= 0.3 is 5.97 Å². The van der Waals surface area contributed by atoms with E-state index in [4.69, 9.17) is 9.47 Å². The summed E-state index contributed by atoms with van der Waals surface area (Å²) < 4.78 is 10.3. The van der Waals surface area contributed by atoms with Crippen LogP contribution in [0.15, 0.2) is 54.6 Å². The van der Waals surface area contributed by atoms with Gasteiger partial charge in [-0.25, -0.2) is 4.79 Å². The lowest BCUT2D eigenvalue weighted by molar-refractivity contribution is -0.150. The lowest BCUT2D eigenvalue weighted by atomic mass is 9.88. The summed E-state index contributed by atoms with van der Waals surface area (Å²) in [7, 11) is 0. The van der Waals surface area contributed by atoms with Gasteiger partial charge in [-0.15, -0.1) is 0 Å². The van der Waals surface area contributed by atoms with Crippen LogP contribution in [0.2, 0.25) is 0 Å². The van der Waals surface area contributed by atoms with Crippen molar-refractivity contribution >= 4 is 11.9 Å². The summed E-state index contributed by atoms with van der Waals surface area (Å²) in [6.07, 6.45) is 2.97. The molecule has 1 aliphatic carbocycles. The second-order valence-corrected chi connectivity index (χ2v) is 5.97. The number of ether oxygens (including phenoxy) is 2. The van der Waals surface area contributed by atoms with Crippen LogP contribution in [-0.4, -0.2) is 25.1 Å². The molecule has 0 aromatic heterocycles. The van der Waals surface area contributed by atoms with Crippen LogP contribution in [0, 0.1) is 0 Å². The molecule has 5 heteroatoms. The zero-order valence-corrected chi connectivity index (χ0v) is 13.9. The number of carbonyl (C=O) groups excluding carboxylic acids is 2. The van der Waals surface area contributed by atoms with Crippen molar-refractivity contribution < 1.29 is 19.1 Å². The molecule has 5 nitrogen and oxygen atoms in total. The van der Waals surface area contributed by atoms with Crippen molar-refractivity contribution in [1.29, 1.82) is 0 Å². The zero-order chi connectivity index (χ0) is 17.5.